The molecule has 1 aliphatic rings. The Morgan fingerprint density at radius 2 is 1.86 bits per heavy atom. The summed E-state index contributed by atoms with van der Waals surface area (Å²) in [6.45, 7) is 1.95. The average molecular weight is 612 g/mol. The van der Waals surface area contributed by atoms with Crippen LogP contribution in [-0.4, -0.2) is 22.8 Å². The van der Waals surface area contributed by atoms with Gasteiger partial charge in [0.1, 0.15) is 0 Å². The summed E-state index contributed by atoms with van der Waals surface area (Å²) >= 11 is 6.77. The standard InChI is InChI=1S/C26H16Br2N2O6/c1-15-5-8-17(9-6-15)25-29-22(26(32)36-25)13-18-12-19(27)14-21(28)24(18)35-23(31)10-7-16-3-2-4-20(11-16)30(33)34/h2-14H,1H3/b10-7+,22-13-. The zero-order valence-corrected chi connectivity index (χ0v) is 21.8. The molecule has 3 aromatic carbocycles. The van der Waals surface area contributed by atoms with Gasteiger partial charge in [0, 0.05) is 33.8 Å². The molecule has 0 saturated heterocycles. The fraction of sp³-hybridized carbons (Fsp3) is 0.0385. The third-order valence-corrected chi connectivity index (χ3v) is 5.99. The summed E-state index contributed by atoms with van der Waals surface area (Å²) in [4.78, 5) is 39.8. The van der Waals surface area contributed by atoms with Crippen molar-refractivity contribution in [2.24, 2.45) is 4.99 Å². The number of nitrogens with zero attached hydrogens (tertiary/aromatic N) is 2. The van der Waals surface area contributed by atoms with E-state index < -0.39 is 16.9 Å². The number of rotatable bonds is 6. The van der Waals surface area contributed by atoms with Crippen LogP contribution in [0.2, 0.25) is 0 Å². The van der Waals surface area contributed by atoms with Crippen molar-refractivity contribution in [2.75, 3.05) is 0 Å². The Hall–Kier alpha value is -3.89. The van der Waals surface area contributed by atoms with Gasteiger partial charge in [-0.25, -0.2) is 14.6 Å². The quantitative estimate of drug-likeness (QED) is 0.105. The van der Waals surface area contributed by atoms with Crippen LogP contribution in [0.15, 0.2) is 86.4 Å². The predicted molar refractivity (Wildman–Crippen MR) is 141 cm³/mol. The summed E-state index contributed by atoms with van der Waals surface area (Å²) in [6.07, 6.45) is 4.03. The number of nitro benzene ring substituents is 1. The van der Waals surface area contributed by atoms with Gasteiger partial charge in [-0.2, -0.15) is 0 Å². The van der Waals surface area contributed by atoms with E-state index in [1.807, 2.05) is 19.1 Å². The van der Waals surface area contributed by atoms with Crippen molar-refractivity contribution in [3.8, 4) is 5.75 Å². The van der Waals surface area contributed by atoms with Gasteiger partial charge in [0.05, 0.1) is 9.40 Å². The summed E-state index contributed by atoms with van der Waals surface area (Å²) < 4.78 is 12.0. The molecular formula is C26H16Br2N2O6. The lowest BCUT2D eigenvalue weighted by Gasteiger charge is -2.09. The van der Waals surface area contributed by atoms with E-state index in [4.69, 9.17) is 9.47 Å². The van der Waals surface area contributed by atoms with Crippen molar-refractivity contribution in [3.05, 3.63) is 114 Å². The zero-order chi connectivity index (χ0) is 25.8. The molecule has 0 atom stereocenters. The minimum Gasteiger partial charge on any atom is -0.422 e. The highest BCUT2D eigenvalue weighted by atomic mass is 79.9. The molecule has 0 fully saturated rings. The van der Waals surface area contributed by atoms with Crippen LogP contribution < -0.4 is 4.74 Å². The van der Waals surface area contributed by atoms with Crippen molar-refractivity contribution in [1.82, 2.24) is 0 Å². The van der Waals surface area contributed by atoms with Gasteiger partial charge in [-0.15, -0.1) is 0 Å². The highest BCUT2D eigenvalue weighted by molar-refractivity contribution is 9.11. The molecule has 0 aromatic heterocycles. The second-order valence-electron chi connectivity index (χ2n) is 7.61. The predicted octanol–water partition coefficient (Wildman–Crippen LogP) is 6.39. The first-order valence-corrected chi connectivity index (χ1v) is 12.0. The number of esters is 2. The highest BCUT2D eigenvalue weighted by Crippen LogP contribution is 2.35. The third kappa shape index (κ3) is 6.02. The van der Waals surface area contributed by atoms with E-state index in [1.165, 1.54) is 30.4 Å². The van der Waals surface area contributed by atoms with E-state index >= 15 is 0 Å². The first-order valence-electron chi connectivity index (χ1n) is 10.4. The number of cyclic esters (lactones) is 1. The average Bonchev–Trinajstić information content (AvgIpc) is 3.20. The van der Waals surface area contributed by atoms with Gasteiger partial charge in [0.15, 0.2) is 11.4 Å². The Kier molecular flexibility index (Phi) is 7.56. The summed E-state index contributed by atoms with van der Waals surface area (Å²) in [5.41, 5.74) is 2.53. The summed E-state index contributed by atoms with van der Waals surface area (Å²) in [6, 6.07) is 16.6. The summed E-state index contributed by atoms with van der Waals surface area (Å²) in [5, 5.41) is 10.9. The smallest absolute Gasteiger partial charge is 0.363 e. The molecule has 0 aliphatic carbocycles. The zero-order valence-electron chi connectivity index (χ0n) is 18.6. The summed E-state index contributed by atoms with van der Waals surface area (Å²) in [5.74, 6) is -1.02. The van der Waals surface area contributed by atoms with Crippen molar-refractivity contribution in [1.29, 1.82) is 0 Å². The Morgan fingerprint density at radius 1 is 1.11 bits per heavy atom. The van der Waals surface area contributed by atoms with Crippen LogP contribution in [0, 0.1) is 17.0 Å². The van der Waals surface area contributed by atoms with E-state index in [9.17, 15) is 19.7 Å². The van der Waals surface area contributed by atoms with Crippen LogP contribution in [0.5, 0.6) is 5.75 Å². The van der Waals surface area contributed by atoms with Crippen LogP contribution in [0.1, 0.15) is 22.3 Å². The molecule has 3 aromatic rings. The minimum atomic E-state index is -0.720. The van der Waals surface area contributed by atoms with Crippen LogP contribution in [0.4, 0.5) is 5.69 Å². The third-order valence-electron chi connectivity index (χ3n) is 4.94. The number of non-ortho nitro benzene ring substituents is 1. The second kappa shape index (κ2) is 10.8. The number of carbonyl (C=O) groups is 2. The van der Waals surface area contributed by atoms with Crippen molar-refractivity contribution >= 4 is 67.5 Å². The number of hydrogen-bond donors (Lipinski definition) is 0. The molecule has 1 aliphatic heterocycles. The van der Waals surface area contributed by atoms with Crippen molar-refractivity contribution < 1.29 is 24.0 Å². The number of aliphatic imine (C=N–C) groups is 1. The molecule has 0 N–H and O–H groups in total. The van der Waals surface area contributed by atoms with Gasteiger partial charge in [0.2, 0.25) is 5.90 Å². The molecule has 10 heteroatoms. The molecule has 1 heterocycles. The van der Waals surface area contributed by atoms with E-state index in [-0.39, 0.29) is 23.0 Å². The van der Waals surface area contributed by atoms with Gasteiger partial charge in [-0.3, -0.25) is 10.1 Å². The lowest BCUT2D eigenvalue weighted by atomic mass is 10.1. The number of halogens is 2. The molecule has 0 spiro atoms. The van der Waals surface area contributed by atoms with E-state index in [1.54, 1.807) is 30.3 Å². The first-order chi connectivity index (χ1) is 17.2. The largest absolute Gasteiger partial charge is 0.422 e. The van der Waals surface area contributed by atoms with Gasteiger partial charge in [0.25, 0.3) is 5.69 Å². The maximum absolute atomic E-state index is 12.5. The van der Waals surface area contributed by atoms with Crippen LogP contribution in [-0.2, 0) is 14.3 Å². The molecule has 0 saturated carbocycles. The van der Waals surface area contributed by atoms with E-state index in [0.29, 0.717) is 25.6 Å². The molecule has 0 bridgehead atoms. The molecule has 0 unspecified atom stereocenters. The molecule has 36 heavy (non-hydrogen) atoms. The molecule has 4 rings (SSSR count). The number of ether oxygens (including phenoxy) is 2. The highest BCUT2D eigenvalue weighted by Gasteiger charge is 2.25. The topological polar surface area (TPSA) is 108 Å². The molecular weight excluding hydrogens is 596 g/mol. The normalized spacial score (nSPS) is 14.1. The molecule has 180 valence electrons. The number of aryl methyl sites for hydroxylation is 1. The van der Waals surface area contributed by atoms with Gasteiger partial charge in [-0.1, -0.05) is 45.8 Å². The van der Waals surface area contributed by atoms with Gasteiger partial charge in [-0.05, 0) is 64.8 Å². The maximum Gasteiger partial charge on any atom is 0.363 e. The number of carbonyl (C=O) groups excluding carboxylic acids is 2. The Bertz CT molecular complexity index is 1480. The molecule has 0 amide bonds. The monoisotopic (exact) mass is 610 g/mol. The second-order valence-corrected chi connectivity index (χ2v) is 9.38. The van der Waals surface area contributed by atoms with Gasteiger partial charge >= 0.3 is 11.9 Å². The van der Waals surface area contributed by atoms with Gasteiger partial charge < -0.3 is 9.47 Å². The fourth-order valence-electron chi connectivity index (χ4n) is 3.21. The Labute approximate surface area is 222 Å². The lowest BCUT2D eigenvalue weighted by Crippen LogP contribution is -2.06. The fourth-order valence-corrected chi connectivity index (χ4v) is 4.55. The van der Waals surface area contributed by atoms with Crippen LogP contribution >= 0.6 is 31.9 Å². The van der Waals surface area contributed by atoms with E-state index in [2.05, 4.69) is 36.9 Å². The lowest BCUT2D eigenvalue weighted by molar-refractivity contribution is -0.384. The first kappa shape index (κ1) is 25.2. The minimum absolute atomic E-state index is 0.0417. The molecule has 0 radical (unpaired) electrons. The van der Waals surface area contributed by atoms with Crippen molar-refractivity contribution in [2.45, 2.75) is 6.92 Å². The summed E-state index contributed by atoms with van der Waals surface area (Å²) in [7, 11) is 0. The Balaban J connectivity index is 1.61. The van der Waals surface area contributed by atoms with Crippen LogP contribution in [0.3, 0.4) is 0 Å². The van der Waals surface area contributed by atoms with Crippen LogP contribution in [0.25, 0.3) is 12.2 Å². The Morgan fingerprint density at radius 3 is 2.58 bits per heavy atom. The maximum atomic E-state index is 12.5. The van der Waals surface area contributed by atoms with Crippen molar-refractivity contribution in [3.63, 3.8) is 0 Å². The van der Waals surface area contributed by atoms with E-state index in [0.717, 1.165) is 11.6 Å². The number of hydrogen-bond acceptors (Lipinski definition) is 7. The number of benzene rings is 3. The number of nitro groups is 1. The SMILES string of the molecule is Cc1ccc(C2=N/C(=C\c3cc(Br)cc(Br)c3OC(=O)/C=C/c3cccc([N+](=O)[O-])c3)C(=O)O2)cc1. The molecule has 8 nitrogen and oxygen atoms in total.